The predicted molar refractivity (Wildman–Crippen MR) is 71.7 cm³/mol. The van der Waals surface area contributed by atoms with Crippen molar-refractivity contribution in [1.29, 1.82) is 0 Å². The van der Waals surface area contributed by atoms with Crippen LogP contribution in [-0.4, -0.2) is 13.5 Å². The monoisotopic (exact) mass is 257 g/mol. The average Bonchev–Trinajstić information content (AvgIpc) is 2.43. The van der Waals surface area contributed by atoms with E-state index >= 15 is 0 Å². The first-order valence-corrected chi connectivity index (χ1v) is 5.73. The Balaban J connectivity index is 2.84. The molecule has 0 N–H and O–H groups in total. The normalized spacial score (nSPS) is 11.3. The van der Waals surface area contributed by atoms with Crippen LogP contribution in [0.1, 0.15) is 0 Å². The van der Waals surface area contributed by atoms with Gasteiger partial charge in [0.05, 0.1) is 5.52 Å². The minimum atomic E-state index is -0.464. The van der Waals surface area contributed by atoms with Crippen LogP contribution < -0.4 is 16.8 Å². The molecule has 0 fully saturated rings. The molecule has 3 rings (SSSR count). The Morgan fingerprint density at radius 1 is 0.895 bits per heavy atom. The lowest BCUT2D eigenvalue weighted by atomic mass is 10.2. The minimum Gasteiger partial charge on any atom is -0.289 e. The highest BCUT2D eigenvalue weighted by Gasteiger charge is 2.11. The molecule has 2 heterocycles. The van der Waals surface area contributed by atoms with Gasteiger partial charge in [0.15, 0.2) is 5.43 Å². The van der Waals surface area contributed by atoms with Gasteiger partial charge in [-0.05, 0) is 12.1 Å². The molecule has 96 valence electrons. The summed E-state index contributed by atoms with van der Waals surface area (Å²) in [6.07, 6.45) is 0. The second-order valence-electron chi connectivity index (χ2n) is 4.40. The van der Waals surface area contributed by atoms with Crippen LogP contribution in [0.3, 0.4) is 0 Å². The number of aromatic nitrogens is 3. The van der Waals surface area contributed by atoms with E-state index in [0.29, 0.717) is 10.9 Å². The van der Waals surface area contributed by atoms with Crippen molar-refractivity contribution in [3.8, 4) is 0 Å². The van der Waals surface area contributed by atoms with Gasteiger partial charge in [-0.2, -0.15) is 0 Å². The Morgan fingerprint density at radius 3 is 2.32 bits per heavy atom. The van der Waals surface area contributed by atoms with E-state index in [1.54, 1.807) is 24.3 Å². The maximum atomic E-state index is 12.2. The van der Waals surface area contributed by atoms with Gasteiger partial charge in [-0.15, -0.1) is 0 Å². The molecule has 0 atom stereocenters. The number of aryl methyl sites for hydroxylation is 1. The Hall–Kier alpha value is -2.63. The van der Waals surface area contributed by atoms with Crippen LogP contribution in [0.5, 0.6) is 0 Å². The summed E-state index contributed by atoms with van der Waals surface area (Å²) in [6.45, 7) is 0. The van der Waals surface area contributed by atoms with E-state index < -0.39 is 11.4 Å². The number of hydrogen-bond acceptors (Lipinski definition) is 3. The molecule has 0 radical (unpaired) electrons. The zero-order valence-electron chi connectivity index (χ0n) is 10.5. The lowest BCUT2D eigenvalue weighted by Crippen LogP contribution is -2.41. The van der Waals surface area contributed by atoms with Gasteiger partial charge in [-0.1, -0.05) is 12.1 Å². The summed E-state index contributed by atoms with van der Waals surface area (Å²) in [5, 5.41) is 0.454. The zero-order chi connectivity index (χ0) is 13.7. The van der Waals surface area contributed by atoms with Crippen molar-refractivity contribution in [3.05, 3.63) is 61.5 Å². The fourth-order valence-corrected chi connectivity index (χ4v) is 2.26. The van der Waals surface area contributed by atoms with Crippen LogP contribution in [0.4, 0.5) is 0 Å². The molecule has 0 amide bonds. The SMILES string of the molecule is Cn1c(=O)n(C)c2cc(=O)c3ccccc3n2c1=O. The topological polar surface area (TPSA) is 65.5 Å². The van der Waals surface area contributed by atoms with E-state index in [-0.39, 0.29) is 11.1 Å². The number of benzene rings is 1. The Morgan fingerprint density at radius 2 is 1.58 bits per heavy atom. The van der Waals surface area contributed by atoms with E-state index in [1.165, 1.54) is 29.1 Å². The Kier molecular flexibility index (Phi) is 2.22. The lowest BCUT2D eigenvalue weighted by Gasteiger charge is -2.10. The van der Waals surface area contributed by atoms with Crippen molar-refractivity contribution in [2.45, 2.75) is 0 Å². The summed E-state index contributed by atoms with van der Waals surface area (Å²) >= 11 is 0. The van der Waals surface area contributed by atoms with Crippen molar-refractivity contribution >= 4 is 16.6 Å². The molecular formula is C13H11N3O3. The summed E-state index contributed by atoms with van der Waals surface area (Å²) in [7, 11) is 2.95. The van der Waals surface area contributed by atoms with Crippen molar-refractivity contribution in [2.75, 3.05) is 0 Å². The fraction of sp³-hybridized carbons (Fsp3) is 0.154. The number of pyridine rings is 1. The maximum absolute atomic E-state index is 12.2. The third kappa shape index (κ3) is 1.40. The summed E-state index contributed by atoms with van der Waals surface area (Å²) in [5.74, 6) is 0. The first-order valence-electron chi connectivity index (χ1n) is 5.73. The molecule has 0 saturated heterocycles. The first-order chi connectivity index (χ1) is 9.02. The van der Waals surface area contributed by atoms with Gasteiger partial charge in [0, 0.05) is 25.5 Å². The van der Waals surface area contributed by atoms with E-state index in [1.807, 2.05) is 0 Å². The zero-order valence-corrected chi connectivity index (χ0v) is 10.5. The van der Waals surface area contributed by atoms with Crippen LogP contribution >= 0.6 is 0 Å². The molecule has 2 aromatic heterocycles. The Bertz CT molecular complexity index is 992. The molecule has 0 aliphatic carbocycles. The molecule has 3 aromatic rings. The van der Waals surface area contributed by atoms with Gasteiger partial charge in [-0.25, -0.2) is 18.6 Å². The largest absolute Gasteiger partial charge is 0.338 e. The van der Waals surface area contributed by atoms with E-state index in [9.17, 15) is 14.4 Å². The van der Waals surface area contributed by atoms with Crippen molar-refractivity contribution in [2.24, 2.45) is 14.1 Å². The maximum Gasteiger partial charge on any atom is 0.338 e. The number of para-hydroxylation sites is 1. The van der Waals surface area contributed by atoms with Gasteiger partial charge in [0.2, 0.25) is 0 Å². The Labute approximate surface area is 106 Å². The summed E-state index contributed by atoms with van der Waals surface area (Å²) in [4.78, 5) is 36.1. The second-order valence-corrected chi connectivity index (χ2v) is 4.40. The van der Waals surface area contributed by atoms with E-state index in [0.717, 1.165) is 4.57 Å². The van der Waals surface area contributed by atoms with Crippen LogP contribution in [-0.2, 0) is 14.1 Å². The van der Waals surface area contributed by atoms with Crippen molar-refractivity contribution in [3.63, 3.8) is 0 Å². The number of hydrogen-bond donors (Lipinski definition) is 0. The predicted octanol–water partition coefficient (Wildman–Crippen LogP) is -0.150. The summed E-state index contributed by atoms with van der Waals surface area (Å²) in [5.41, 5.74) is -0.342. The smallest absolute Gasteiger partial charge is 0.289 e. The van der Waals surface area contributed by atoms with E-state index in [2.05, 4.69) is 0 Å². The lowest BCUT2D eigenvalue weighted by molar-refractivity contribution is 0.656. The molecule has 0 aliphatic rings. The quantitative estimate of drug-likeness (QED) is 0.526. The van der Waals surface area contributed by atoms with Crippen LogP contribution in [0.15, 0.2) is 44.7 Å². The first kappa shape index (κ1) is 11.5. The number of rotatable bonds is 0. The molecule has 0 spiro atoms. The molecule has 0 aliphatic heterocycles. The van der Waals surface area contributed by atoms with Gasteiger partial charge < -0.3 is 0 Å². The van der Waals surface area contributed by atoms with Crippen LogP contribution in [0.2, 0.25) is 0 Å². The molecule has 0 saturated carbocycles. The van der Waals surface area contributed by atoms with Gasteiger partial charge in [0.1, 0.15) is 5.65 Å². The van der Waals surface area contributed by atoms with Gasteiger partial charge in [-0.3, -0.25) is 9.36 Å². The average molecular weight is 257 g/mol. The van der Waals surface area contributed by atoms with Gasteiger partial charge >= 0.3 is 11.4 Å². The fourth-order valence-electron chi connectivity index (χ4n) is 2.26. The highest BCUT2D eigenvalue weighted by Crippen LogP contribution is 2.09. The minimum absolute atomic E-state index is 0.209. The summed E-state index contributed by atoms with van der Waals surface area (Å²) < 4.78 is 3.68. The molecule has 1 aromatic carbocycles. The molecule has 0 unspecified atom stereocenters. The highest BCUT2D eigenvalue weighted by molar-refractivity contribution is 5.81. The van der Waals surface area contributed by atoms with Crippen molar-refractivity contribution < 1.29 is 0 Å². The second kappa shape index (κ2) is 3.68. The molecule has 6 nitrogen and oxygen atoms in total. The summed E-state index contributed by atoms with van der Waals surface area (Å²) in [6, 6.07) is 8.15. The molecule has 19 heavy (non-hydrogen) atoms. The third-order valence-corrected chi connectivity index (χ3v) is 3.30. The number of fused-ring (bicyclic) bond motifs is 3. The molecule has 6 heteroatoms. The van der Waals surface area contributed by atoms with Gasteiger partial charge in [0.25, 0.3) is 0 Å². The van der Waals surface area contributed by atoms with Crippen LogP contribution in [0.25, 0.3) is 16.6 Å². The molecular weight excluding hydrogens is 246 g/mol. The number of nitrogens with zero attached hydrogens (tertiary/aromatic N) is 3. The van der Waals surface area contributed by atoms with Crippen LogP contribution in [0, 0.1) is 0 Å². The standard InChI is InChI=1S/C13H11N3O3/c1-14-11-7-10(17)8-5-3-4-6-9(8)16(11)13(19)15(2)12(14)18/h3-7H,1-2H3. The van der Waals surface area contributed by atoms with Crippen molar-refractivity contribution in [1.82, 2.24) is 13.5 Å². The third-order valence-electron chi connectivity index (χ3n) is 3.30. The highest BCUT2D eigenvalue weighted by atomic mass is 16.2. The van der Waals surface area contributed by atoms with E-state index in [4.69, 9.17) is 0 Å². The molecule has 0 bridgehead atoms.